The molecule has 0 unspecified atom stereocenters. The lowest BCUT2D eigenvalue weighted by Gasteiger charge is -1.97. The second-order valence-corrected chi connectivity index (χ2v) is 4.02. The van der Waals surface area contributed by atoms with E-state index in [0.29, 0.717) is 6.42 Å². The molecule has 0 bridgehead atoms. The summed E-state index contributed by atoms with van der Waals surface area (Å²) in [6.45, 7) is 0. The van der Waals surface area contributed by atoms with Crippen molar-refractivity contribution in [1.82, 2.24) is 0 Å². The summed E-state index contributed by atoms with van der Waals surface area (Å²) < 4.78 is 0. The standard InChI is InChI=1S/C9H19NO2S/c1-13-9-7-5-3-2-4-6-8-10(11)12/h8H,2-7,9H2,1H3,(H,11,12). The second kappa shape index (κ2) is 9.71. The molecular formula is C9H19NO2S. The fourth-order valence-electron chi connectivity index (χ4n) is 1.12. The quantitative estimate of drug-likeness (QED) is 0.218. The highest BCUT2D eigenvalue weighted by atomic mass is 32.2. The predicted octanol–water partition coefficient (Wildman–Crippen LogP) is 2.66. The molecule has 0 aromatic rings. The third kappa shape index (κ3) is 11.6. The number of nitrogens with zero attached hydrogens (tertiary/aromatic N) is 1. The van der Waals surface area contributed by atoms with Crippen molar-refractivity contribution in [2.45, 2.75) is 38.5 Å². The highest BCUT2D eigenvalue weighted by molar-refractivity contribution is 7.98. The van der Waals surface area contributed by atoms with Gasteiger partial charge >= 0.3 is 0 Å². The smallest absolute Gasteiger partial charge is 0.209 e. The molecule has 0 aliphatic heterocycles. The molecule has 0 aliphatic rings. The van der Waals surface area contributed by atoms with Crippen LogP contribution < -0.4 is 0 Å². The molecular weight excluding hydrogens is 186 g/mol. The van der Waals surface area contributed by atoms with Crippen LogP contribution >= 0.6 is 11.8 Å². The van der Waals surface area contributed by atoms with Crippen molar-refractivity contribution in [3.8, 4) is 0 Å². The zero-order valence-corrected chi connectivity index (χ0v) is 9.05. The largest absolute Gasteiger partial charge is 0.418 e. The Labute approximate surface area is 84.4 Å². The fraction of sp³-hybridized carbons (Fsp3) is 0.889. The first kappa shape index (κ1) is 12.6. The Morgan fingerprint density at radius 1 is 1.23 bits per heavy atom. The summed E-state index contributed by atoms with van der Waals surface area (Å²) in [4.78, 5) is -0.103. The molecule has 13 heavy (non-hydrogen) atoms. The Morgan fingerprint density at radius 3 is 2.46 bits per heavy atom. The van der Waals surface area contributed by atoms with Gasteiger partial charge in [0.25, 0.3) is 0 Å². The van der Waals surface area contributed by atoms with Crippen LogP contribution in [0.25, 0.3) is 0 Å². The van der Waals surface area contributed by atoms with Crippen LogP contribution in [-0.4, -0.2) is 28.3 Å². The first-order chi connectivity index (χ1) is 6.27. The van der Waals surface area contributed by atoms with Gasteiger partial charge in [0, 0.05) is 11.3 Å². The van der Waals surface area contributed by atoms with Crippen molar-refractivity contribution < 1.29 is 10.1 Å². The number of hydrogen-bond donors (Lipinski definition) is 1. The molecule has 0 amide bonds. The molecule has 0 radical (unpaired) electrons. The molecule has 3 nitrogen and oxygen atoms in total. The van der Waals surface area contributed by atoms with E-state index >= 15 is 0 Å². The van der Waals surface area contributed by atoms with Crippen molar-refractivity contribution in [3.63, 3.8) is 0 Å². The lowest BCUT2D eigenvalue weighted by molar-refractivity contribution is -0.723. The maximum atomic E-state index is 10.0. The summed E-state index contributed by atoms with van der Waals surface area (Å²) in [6, 6.07) is 0. The SMILES string of the molecule is CSCCCCCCC/C=[N+](\[O-])O. The first-order valence-electron chi connectivity index (χ1n) is 4.75. The van der Waals surface area contributed by atoms with Gasteiger partial charge in [-0.2, -0.15) is 11.8 Å². The van der Waals surface area contributed by atoms with Gasteiger partial charge in [-0.15, -0.1) is 0 Å². The van der Waals surface area contributed by atoms with Gasteiger partial charge in [-0.25, -0.2) is 0 Å². The Hall–Kier alpha value is -0.380. The Morgan fingerprint density at radius 2 is 1.85 bits per heavy atom. The van der Waals surface area contributed by atoms with E-state index in [-0.39, 0.29) is 4.90 Å². The van der Waals surface area contributed by atoms with E-state index in [0.717, 1.165) is 12.8 Å². The number of unbranched alkanes of at least 4 members (excludes halogenated alkanes) is 5. The minimum atomic E-state index is -0.103. The van der Waals surface area contributed by atoms with Crippen LogP contribution in [0.5, 0.6) is 0 Å². The summed E-state index contributed by atoms with van der Waals surface area (Å²) in [6.07, 6.45) is 10.0. The first-order valence-corrected chi connectivity index (χ1v) is 6.14. The average Bonchev–Trinajstić information content (AvgIpc) is 2.09. The van der Waals surface area contributed by atoms with Crippen molar-refractivity contribution in [1.29, 1.82) is 0 Å². The molecule has 0 aliphatic carbocycles. The summed E-state index contributed by atoms with van der Waals surface area (Å²) in [5, 5.41) is 18.3. The highest BCUT2D eigenvalue weighted by Crippen LogP contribution is 2.07. The maximum absolute atomic E-state index is 10.0. The normalized spacial score (nSPS) is 11.9. The maximum Gasteiger partial charge on any atom is 0.209 e. The summed E-state index contributed by atoms with van der Waals surface area (Å²) in [5.41, 5.74) is 0. The van der Waals surface area contributed by atoms with E-state index in [2.05, 4.69) is 6.26 Å². The minimum Gasteiger partial charge on any atom is -0.418 e. The van der Waals surface area contributed by atoms with Crippen molar-refractivity contribution in [2.24, 2.45) is 0 Å². The predicted molar refractivity (Wildman–Crippen MR) is 57.6 cm³/mol. The highest BCUT2D eigenvalue weighted by Gasteiger charge is 1.92. The average molecular weight is 205 g/mol. The van der Waals surface area contributed by atoms with Crippen LogP contribution in [0.4, 0.5) is 0 Å². The molecule has 0 aromatic heterocycles. The molecule has 0 saturated carbocycles. The lowest BCUT2D eigenvalue weighted by atomic mass is 10.1. The summed E-state index contributed by atoms with van der Waals surface area (Å²) >= 11 is 1.89. The Kier molecular flexibility index (Phi) is 9.42. The van der Waals surface area contributed by atoms with Crippen LogP contribution in [0.15, 0.2) is 0 Å². The van der Waals surface area contributed by atoms with E-state index in [1.165, 1.54) is 31.2 Å². The zero-order chi connectivity index (χ0) is 9.94. The van der Waals surface area contributed by atoms with E-state index in [1.54, 1.807) is 0 Å². The van der Waals surface area contributed by atoms with Gasteiger partial charge in [0.1, 0.15) is 0 Å². The fourth-order valence-corrected chi connectivity index (χ4v) is 1.62. The van der Waals surface area contributed by atoms with Gasteiger partial charge in [-0.1, -0.05) is 19.3 Å². The van der Waals surface area contributed by atoms with Crippen molar-refractivity contribution >= 4 is 18.0 Å². The molecule has 0 saturated heterocycles. The monoisotopic (exact) mass is 205 g/mol. The molecule has 0 fully saturated rings. The van der Waals surface area contributed by atoms with Gasteiger partial charge in [-0.3, -0.25) is 5.21 Å². The lowest BCUT2D eigenvalue weighted by Crippen LogP contribution is -1.96. The van der Waals surface area contributed by atoms with Gasteiger partial charge in [-0.05, 0) is 24.9 Å². The van der Waals surface area contributed by atoms with Crippen molar-refractivity contribution in [3.05, 3.63) is 5.21 Å². The number of rotatable bonds is 8. The molecule has 0 heterocycles. The van der Waals surface area contributed by atoms with Gasteiger partial charge in [0.05, 0.1) is 0 Å². The van der Waals surface area contributed by atoms with E-state index in [1.807, 2.05) is 11.8 Å². The molecule has 4 heteroatoms. The van der Waals surface area contributed by atoms with Gasteiger partial charge in [0.15, 0.2) is 0 Å². The van der Waals surface area contributed by atoms with Gasteiger partial charge < -0.3 is 5.21 Å². The van der Waals surface area contributed by atoms with Crippen LogP contribution in [-0.2, 0) is 0 Å². The second-order valence-electron chi connectivity index (χ2n) is 3.03. The topological polar surface area (TPSA) is 46.3 Å². The molecule has 78 valence electrons. The van der Waals surface area contributed by atoms with E-state index in [9.17, 15) is 5.21 Å². The van der Waals surface area contributed by atoms with E-state index < -0.39 is 0 Å². The number of hydrogen-bond acceptors (Lipinski definition) is 3. The van der Waals surface area contributed by atoms with Crippen molar-refractivity contribution in [2.75, 3.05) is 12.0 Å². The molecule has 0 spiro atoms. The molecule has 0 rings (SSSR count). The van der Waals surface area contributed by atoms with Crippen LogP contribution in [0.3, 0.4) is 0 Å². The van der Waals surface area contributed by atoms with Crippen LogP contribution in [0.2, 0.25) is 0 Å². The Balaban J connectivity index is 2.96. The molecule has 1 N–H and O–H groups in total. The van der Waals surface area contributed by atoms with Gasteiger partial charge in [0.2, 0.25) is 6.21 Å². The van der Waals surface area contributed by atoms with Crippen LogP contribution in [0.1, 0.15) is 38.5 Å². The third-order valence-corrected chi connectivity index (χ3v) is 2.53. The number of thioether (sulfide) groups is 1. The Bertz CT molecular complexity index is 136. The summed E-state index contributed by atoms with van der Waals surface area (Å²) in [5.74, 6) is 1.25. The third-order valence-electron chi connectivity index (χ3n) is 1.84. The molecule has 0 atom stereocenters. The van der Waals surface area contributed by atoms with E-state index in [4.69, 9.17) is 5.21 Å². The van der Waals surface area contributed by atoms with Crippen LogP contribution in [0, 0.1) is 5.21 Å². The zero-order valence-electron chi connectivity index (χ0n) is 8.24. The minimum absolute atomic E-state index is 0.103. The molecule has 0 aromatic carbocycles. The summed E-state index contributed by atoms with van der Waals surface area (Å²) in [7, 11) is 0.